The Bertz CT molecular complexity index is 1090. The van der Waals surface area contributed by atoms with Crippen molar-refractivity contribution in [1.82, 2.24) is 4.98 Å². The average Bonchev–Trinajstić information content (AvgIpc) is 3.10. The summed E-state index contributed by atoms with van der Waals surface area (Å²) in [4.78, 5) is 29.4. The Labute approximate surface area is 170 Å². The number of nitrogens with zero attached hydrogens (tertiary/aromatic N) is 2. The number of aromatic nitrogens is 1. The Morgan fingerprint density at radius 2 is 1.83 bits per heavy atom. The highest BCUT2D eigenvalue weighted by atomic mass is 32.1. The number of ether oxygens (including phenoxy) is 1. The average molecular weight is 409 g/mol. The second kappa shape index (κ2) is 8.63. The molecule has 0 saturated heterocycles. The minimum Gasteiger partial charge on any atom is -0.448 e. The number of hydrogen-bond donors (Lipinski definition) is 1. The number of nitriles is 1. The summed E-state index contributed by atoms with van der Waals surface area (Å²) in [5.41, 5.74) is 2.12. The first-order chi connectivity index (χ1) is 13.9. The Kier molecular flexibility index (Phi) is 6.00. The summed E-state index contributed by atoms with van der Waals surface area (Å²) in [6, 6.07) is 14.1. The maximum absolute atomic E-state index is 13.1. The van der Waals surface area contributed by atoms with Crippen LogP contribution in [0.2, 0.25) is 0 Å². The van der Waals surface area contributed by atoms with E-state index in [9.17, 15) is 14.0 Å². The Morgan fingerprint density at radius 1 is 1.17 bits per heavy atom. The van der Waals surface area contributed by atoms with Crippen molar-refractivity contribution in [2.75, 3.05) is 5.32 Å². The highest BCUT2D eigenvalue weighted by Crippen LogP contribution is 2.28. The molecule has 146 valence electrons. The molecule has 0 aliphatic rings. The number of rotatable bonds is 5. The minimum atomic E-state index is -1.03. The lowest BCUT2D eigenvalue weighted by atomic mass is 10.2. The molecular formula is C21H16FN3O3S. The Morgan fingerprint density at radius 3 is 2.45 bits per heavy atom. The van der Waals surface area contributed by atoms with Crippen LogP contribution >= 0.6 is 11.3 Å². The lowest BCUT2D eigenvalue weighted by molar-refractivity contribution is -0.123. The first-order valence-electron chi connectivity index (χ1n) is 8.62. The number of carbonyl (C=O) groups is 2. The van der Waals surface area contributed by atoms with E-state index in [1.54, 1.807) is 43.3 Å². The summed E-state index contributed by atoms with van der Waals surface area (Å²) >= 11 is 1.12. The van der Waals surface area contributed by atoms with Gasteiger partial charge >= 0.3 is 5.97 Å². The number of aryl methyl sites for hydroxylation is 1. The maximum atomic E-state index is 13.1. The fraction of sp³-hybridized carbons (Fsp3) is 0.143. The first-order valence-corrected chi connectivity index (χ1v) is 9.44. The number of nitrogens with one attached hydrogen (secondary N) is 1. The molecule has 0 aliphatic carbocycles. The predicted octanol–water partition coefficient (Wildman–Crippen LogP) is 4.31. The number of amides is 1. The fourth-order valence-electron chi connectivity index (χ4n) is 2.44. The zero-order valence-corrected chi connectivity index (χ0v) is 16.4. The maximum Gasteiger partial charge on any atom is 0.351 e. The molecule has 0 spiro atoms. The van der Waals surface area contributed by atoms with Crippen molar-refractivity contribution in [3.05, 3.63) is 70.5 Å². The normalized spacial score (nSPS) is 11.4. The number of carbonyl (C=O) groups excluding carboxylic acids is 2. The Hall–Kier alpha value is -3.57. The summed E-state index contributed by atoms with van der Waals surface area (Å²) < 4.78 is 18.4. The molecule has 0 radical (unpaired) electrons. The second-order valence-electron chi connectivity index (χ2n) is 6.17. The highest BCUT2D eigenvalue weighted by Gasteiger charge is 2.23. The number of halogens is 1. The molecule has 1 atom stereocenters. The van der Waals surface area contributed by atoms with Crippen molar-refractivity contribution < 1.29 is 18.7 Å². The number of hydrogen-bond acceptors (Lipinski definition) is 6. The van der Waals surface area contributed by atoms with Crippen molar-refractivity contribution in [2.24, 2.45) is 0 Å². The molecule has 0 saturated carbocycles. The lowest BCUT2D eigenvalue weighted by Crippen LogP contribution is -2.29. The fourth-order valence-corrected chi connectivity index (χ4v) is 3.40. The summed E-state index contributed by atoms with van der Waals surface area (Å²) in [7, 11) is 0. The van der Waals surface area contributed by atoms with Gasteiger partial charge in [0.1, 0.15) is 15.7 Å². The van der Waals surface area contributed by atoms with Gasteiger partial charge in [-0.1, -0.05) is 0 Å². The van der Waals surface area contributed by atoms with Gasteiger partial charge in [0.05, 0.1) is 17.3 Å². The zero-order valence-electron chi connectivity index (χ0n) is 15.6. The highest BCUT2D eigenvalue weighted by molar-refractivity contribution is 7.17. The van der Waals surface area contributed by atoms with Crippen LogP contribution in [0.5, 0.6) is 0 Å². The van der Waals surface area contributed by atoms with E-state index in [1.807, 2.05) is 6.07 Å². The molecule has 1 N–H and O–H groups in total. The zero-order chi connectivity index (χ0) is 21.0. The molecule has 6 nitrogen and oxygen atoms in total. The summed E-state index contributed by atoms with van der Waals surface area (Å²) in [5.74, 6) is -1.51. The summed E-state index contributed by atoms with van der Waals surface area (Å²) in [6.07, 6.45) is -1.03. The van der Waals surface area contributed by atoms with E-state index in [1.165, 1.54) is 19.1 Å². The molecule has 3 aromatic rings. The van der Waals surface area contributed by atoms with Crippen molar-refractivity contribution >= 4 is 28.9 Å². The largest absolute Gasteiger partial charge is 0.448 e. The predicted molar refractivity (Wildman–Crippen MR) is 107 cm³/mol. The van der Waals surface area contributed by atoms with Crippen LogP contribution in [0.1, 0.15) is 27.9 Å². The van der Waals surface area contributed by atoms with E-state index in [2.05, 4.69) is 10.3 Å². The first kappa shape index (κ1) is 20.2. The molecule has 1 aromatic heterocycles. The summed E-state index contributed by atoms with van der Waals surface area (Å²) in [5, 5.41) is 12.0. The third kappa shape index (κ3) is 4.83. The van der Waals surface area contributed by atoms with Crippen molar-refractivity contribution in [2.45, 2.75) is 20.0 Å². The van der Waals surface area contributed by atoms with Gasteiger partial charge in [-0.25, -0.2) is 14.2 Å². The molecule has 1 heterocycles. The van der Waals surface area contributed by atoms with Gasteiger partial charge in [-0.2, -0.15) is 5.26 Å². The van der Waals surface area contributed by atoms with Gasteiger partial charge in [-0.3, -0.25) is 4.79 Å². The number of esters is 1. The van der Waals surface area contributed by atoms with E-state index in [-0.39, 0.29) is 10.7 Å². The van der Waals surface area contributed by atoms with Gasteiger partial charge in [0.25, 0.3) is 5.91 Å². The topological polar surface area (TPSA) is 92.1 Å². The van der Waals surface area contributed by atoms with E-state index in [0.29, 0.717) is 27.5 Å². The smallest absolute Gasteiger partial charge is 0.351 e. The molecule has 3 rings (SSSR count). The van der Waals surface area contributed by atoms with E-state index in [0.717, 1.165) is 11.3 Å². The van der Waals surface area contributed by atoms with Crippen LogP contribution in [0.15, 0.2) is 48.5 Å². The molecule has 1 amide bonds. The summed E-state index contributed by atoms with van der Waals surface area (Å²) in [6.45, 7) is 3.13. The minimum absolute atomic E-state index is 0.280. The van der Waals surface area contributed by atoms with Crippen LogP contribution < -0.4 is 5.32 Å². The Balaban J connectivity index is 1.66. The van der Waals surface area contributed by atoms with Crippen LogP contribution in [0.4, 0.5) is 10.1 Å². The third-order valence-electron chi connectivity index (χ3n) is 4.01. The second-order valence-corrected chi connectivity index (χ2v) is 7.17. The van der Waals surface area contributed by atoms with E-state index in [4.69, 9.17) is 10.00 Å². The number of anilines is 1. The molecule has 2 aromatic carbocycles. The van der Waals surface area contributed by atoms with Gasteiger partial charge in [-0.05, 0) is 62.4 Å². The van der Waals surface area contributed by atoms with Crippen LogP contribution in [0.3, 0.4) is 0 Å². The van der Waals surface area contributed by atoms with Gasteiger partial charge < -0.3 is 10.1 Å². The molecule has 0 bridgehead atoms. The molecular weight excluding hydrogens is 393 g/mol. The molecule has 0 fully saturated rings. The van der Waals surface area contributed by atoms with Gasteiger partial charge in [0.2, 0.25) is 0 Å². The van der Waals surface area contributed by atoms with Gasteiger partial charge in [-0.15, -0.1) is 11.3 Å². The molecule has 0 unspecified atom stereocenters. The van der Waals surface area contributed by atoms with Gasteiger partial charge in [0.15, 0.2) is 6.10 Å². The van der Waals surface area contributed by atoms with Crippen molar-refractivity contribution in [3.8, 4) is 16.6 Å². The number of thiazole rings is 1. The van der Waals surface area contributed by atoms with Crippen LogP contribution in [0, 0.1) is 24.1 Å². The lowest BCUT2D eigenvalue weighted by Gasteiger charge is -2.13. The third-order valence-corrected chi connectivity index (χ3v) is 5.19. The monoisotopic (exact) mass is 409 g/mol. The standard InChI is InChI=1S/C21H16FN3O3S/c1-12-18(29-20(24-12)15-5-7-16(22)8-6-15)21(27)28-13(2)19(26)25-17-9-3-14(11-23)4-10-17/h3-10,13H,1-2H3,(H,25,26)/t13-/m1/s1. The molecule has 29 heavy (non-hydrogen) atoms. The van der Waals surface area contributed by atoms with Crippen LogP contribution in [-0.4, -0.2) is 23.0 Å². The molecule has 0 aliphatic heterocycles. The van der Waals surface area contributed by atoms with Crippen LogP contribution in [-0.2, 0) is 9.53 Å². The van der Waals surface area contributed by atoms with Crippen LogP contribution in [0.25, 0.3) is 10.6 Å². The van der Waals surface area contributed by atoms with E-state index >= 15 is 0 Å². The quantitative estimate of drug-likeness (QED) is 0.634. The van der Waals surface area contributed by atoms with Crippen molar-refractivity contribution in [1.29, 1.82) is 5.26 Å². The van der Waals surface area contributed by atoms with Crippen molar-refractivity contribution in [3.63, 3.8) is 0 Å². The molecule has 8 heteroatoms. The SMILES string of the molecule is Cc1nc(-c2ccc(F)cc2)sc1C(=O)O[C@H](C)C(=O)Nc1ccc(C#N)cc1. The number of benzene rings is 2. The van der Waals surface area contributed by atoms with E-state index < -0.39 is 18.0 Å². The van der Waals surface area contributed by atoms with Gasteiger partial charge in [0, 0.05) is 11.3 Å².